The Morgan fingerprint density at radius 2 is 1.92 bits per heavy atom. The second-order valence-corrected chi connectivity index (χ2v) is 9.24. The van der Waals surface area contributed by atoms with Crippen molar-refractivity contribution in [2.45, 2.75) is 66.2 Å². The topological polar surface area (TPSA) is 43.4 Å². The average Bonchev–Trinajstić information content (AvgIpc) is 2.84. The van der Waals surface area contributed by atoms with Crippen LogP contribution < -0.4 is 0 Å². The Balaban J connectivity index is 1.67. The third-order valence-corrected chi connectivity index (χ3v) is 8.29. The fourth-order valence-corrected chi connectivity index (χ4v) is 6.76. The summed E-state index contributed by atoms with van der Waals surface area (Å²) >= 11 is 0. The van der Waals surface area contributed by atoms with E-state index in [1.54, 1.807) is 0 Å². The van der Waals surface area contributed by atoms with Crippen molar-refractivity contribution in [2.24, 2.45) is 34.5 Å². The molecule has 0 aromatic rings. The monoisotopic (exact) mass is 342 g/mol. The Labute approximate surface area is 150 Å². The van der Waals surface area contributed by atoms with Crippen LogP contribution in [0.2, 0.25) is 0 Å². The highest BCUT2D eigenvalue weighted by atomic mass is 16.5. The molecule has 4 rings (SSSR count). The maximum Gasteiger partial charge on any atom is 0.308 e. The van der Waals surface area contributed by atoms with Gasteiger partial charge in [-0.15, -0.1) is 0 Å². The first-order chi connectivity index (χ1) is 11.8. The Morgan fingerprint density at radius 1 is 1.16 bits per heavy atom. The maximum absolute atomic E-state index is 12.5. The van der Waals surface area contributed by atoms with Crippen LogP contribution in [0.4, 0.5) is 0 Å². The molecule has 3 saturated carbocycles. The van der Waals surface area contributed by atoms with Crippen LogP contribution in [0.15, 0.2) is 23.5 Å². The molecule has 0 bridgehead atoms. The minimum absolute atomic E-state index is 0.0601. The van der Waals surface area contributed by atoms with Crippen LogP contribution in [0.3, 0.4) is 0 Å². The molecular weight excluding hydrogens is 312 g/mol. The molecule has 136 valence electrons. The molecule has 3 nitrogen and oxygen atoms in total. The number of hydrogen-bond donors (Lipinski definition) is 0. The average molecular weight is 342 g/mol. The van der Waals surface area contributed by atoms with Gasteiger partial charge in [0, 0.05) is 18.8 Å². The molecule has 0 aromatic carbocycles. The summed E-state index contributed by atoms with van der Waals surface area (Å²) in [6.07, 6.45) is 10.6. The Morgan fingerprint density at radius 3 is 2.64 bits per heavy atom. The predicted molar refractivity (Wildman–Crippen MR) is 96.5 cm³/mol. The van der Waals surface area contributed by atoms with Crippen LogP contribution in [-0.2, 0) is 14.3 Å². The zero-order valence-corrected chi connectivity index (χ0v) is 15.9. The summed E-state index contributed by atoms with van der Waals surface area (Å²) in [5.41, 5.74) is 1.53. The van der Waals surface area contributed by atoms with Crippen molar-refractivity contribution in [3.63, 3.8) is 0 Å². The molecule has 0 heterocycles. The van der Waals surface area contributed by atoms with Gasteiger partial charge in [-0.05, 0) is 73.3 Å². The first-order valence-corrected chi connectivity index (χ1v) is 9.91. The van der Waals surface area contributed by atoms with Gasteiger partial charge in [-0.2, -0.15) is 0 Å². The summed E-state index contributed by atoms with van der Waals surface area (Å²) in [4.78, 5) is 23.9. The smallest absolute Gasteiger partial charge is 0.308 e. The number of ether oxygens (including phenoxy) is 1. The molecule has 0 N–H and O–H groups in total. The Bertz CT molecular complexity index is 687. The van der Waals surface area contributed by atoms with E-state index in [2.05, 4.69) is 32.9 Å². The largest absolute Gasteiger partial charge is 0.427 e. The molecule has 0 saturated heterocycles. The standard InChI is InChI=1S/C22H30O3/c1-13-11-16(25-14(2)23)12-15-5-6-17-18-7-8-20(24)21(18,3)10-9-19(17)22(13,15)4/h11-13,17-19H,5-10H2,1-4H3/t13-,17-,18-,19-,21-,22-/m0/s1. The second kappa shape index (κ2) is 5.56. The molecule has 0 aromatic heterocycles. The summed E-state index contributed by atoms with van der Waals surface area (Å²) in [6.45, 7) is 8.39. The molecule has 25 heavy (non-hydrogen) atoms. The summed E-state index contributed by atoms with van der Waals surface area (Å²) in [7, 11) is 0. The number of allylic oxidation sites excluding steroid dienone is 3. The summed E-state index contributed by atoms with van der Waals surface area (Å²) in [6, 6.07) is 0. The van der Waals surface area contributed by atoms with Gasteiger partial charge in [0.15, 0.2) is 0 Å². The highest BCUT2D eigenvalue weighted by molar-refractivity contribution is 5.87. The van der Waals surface area contributed by atoms with Crippen molar-refractivity contribution in [3.8, 4) is 0 Å². The van der Waals surface area contributed by atoms with Crippen molar-refractivity contribution in [3.05, 3.63) is 23.5 Å². The molecule has 0 aliphatic heterocycles. The lowest BCUT2D eigenvalue weighted by Gasteiger charge is -2.58. The zero-order chi connectivity index (χ0) is 18.0. The lowest BCUT2D eigenvalue weighted by atomic mass is 9.46. The lowest BCUT2D eigenvalue weighted by molar-refractivity contribution is -0.136. The number of carbonyl (C=O) groups is 2. The number of hydrogen-bond acceptors (Lipinski definition) is 3. The molecule has 4 aliphatic carbocycles. The predicted octanol–water partition coefficient (Wildman–Crippen LogP) is 4.82. The third-order valence-electron chi connectivity index (χ3n) is 8.29. The number of carbonyl (C=O) groups excluding carboxylic acids is 2. The fraction of sp³-hybridized carbons (Fsp3) is 0.727. The molecule has 4 aliphatic rings. The van der Waals surface area contributed by atoms with Gasteiger partial charge >= 0.3 is 5.97 Å². The van der Waals surface area contributed by atoms with E-state index in [1.165, 1.54) is 18.9 Å². The lowest BCUT2D eigenvalue weighted by Crippen LogP contribution is -2.52. The fourth-order valence-electron chi connectivity index (χ4n) is 6.76. The molecule has 3 heteroatoms. The van der Waals surface area contributed by atoms with Gasteiger partial charge in [0.25, 0.3) is 0 Å². The van der Waals surface area contributed by atoms with E-state index in [4.69, 9.17) is 4.74 Å². The van der Waals surface area contributed by atoms with Gasteiger partial charge in [0.1, 0.15) is 11.5 Å². The van der Waals surface area contributed by atoms with Gasteiger partial charge in [0.2, 0.25) is 0 Å². The molecule has 0 spiro atoms. The first kappa shape index (κ1) is 17.1. The van der Waals surface area contributed by atoms with E-state index >= 15 is 0 Å². The van der Waals surface area contributed by atoms with E-state index < -0.39 is 0 Å². The van der Waals surface area contributed by atoms with Crippen molar-refractivity contribution in [1.82, 2.24) is 0 Å². The summed E-state index contributed by atoms with van der Waals surface area (Å²) in [5, 5.41) is 0. The second-order valence-electron chi connectivity index (χ2n) is 9.24. The molecule has 0 amide bonds. The summed E-state index contributed by atoms with van der Waals surface area (Å²) in [5.74, 6) is 3.23. The van der Waals surface area contributed by atoms with Gasteiger partial charge in [-0.1, -0.05) is 26.3 Å². The van der Waals surface area contributed by atoms with Crippen LogP contribution in [0.5, 0.6) is 0 Å². The van der Waals surface area contributed by atoms with Gasteiger partial charge in [-0.3, -0.25) is 9.59 Å². The number of rotatable bonds is 1. The number of ketones is 1. The van der Waals surface area contributed by atoms with Crippen LogP contribution in [0.1, 0.15) is 66.2 Å². The molecule has 0 radical (unpaired) electrons. The minimum atomic E-state index is -0.245. The minimum Gasteiger partial charge on any atom is -0.427 e. The molecule has 3 fully saturated rings. The molecular formula is C22H30O3. The van der Waals surface area contributed by atoms with E-state index in [1.807, 2.05) is 0 Å². The first-order valence-electron chi connectivity index (χ1n) is 9.91. The van der Waals surface area contributed by atoms with Gasteiger partial charge in [0.05, 0.1) is 0 Å². The van der Waals surface area contributed by atoms with E-state index in [9.17, 15) is 9.59 Å². The van der Waals surface area contributed by atoms with Crippen molar-refractivity contribution >= 4 is 11.8 Å². The molecule has 6 atom stereocenters. The SMILES string of the molecule is CC(=O)OC1=C[C@H](C)[C@@]2(C)C(=C1)CC[C@@H]1[C@@H]2CC[C@]2(C)C(=O)CC[C@@H]12. The van der Waals surface area contributed by atoms with Crippen LogP contribution >= 0.6 is 0 Å². The molecule has 0 unspecified atom stereocenters. The Kier molecular flexibility index (Phi) is 3.79. The van der Waals surface area contributed by atoms with Crippen molar-refractivity contribution in [2.75, 3.05) is 0 Å². The number of Topliss-reactive ketones (excluding diaryl/α,β-unsaturated/α-hetero) is 1. The highest BCUT2D eigenvalue weighted by Crippen LogP contribution is 2.65. The quantitative estimate of drug-likeness (QED) is 0.642. The van der Waals surface area contributed by atoms with Crippen LogP contribution in [0, 0.1) is 34.5 Å². The Hall–Kier alpha value is -1.38. The van der Waals surface area contributed by atoms with Gasteiger partial charge < -0.3 is 4.74 Å². The number of esters is 1. The van der Waals surface area contributed by atoms with Gasteiger partial charge in [-0.25, -0.2) is 0 Å². The van der Waals surface area contributed by atoms with Crippen molar-refractivity contribution < 1.29 is 14.3 Å². The highest BCUT2D eigenvalue weighted by Gasteiger charge is 2.59. The van der Waals surface area contributed by atoms with E-state index in [-0.39, 0.29) is 16.8 Å². The third kappa shape index (κ3) is 2.30. The number of fused-ring (bicyclic) bond motifs is 5. The maximum atomic E-state index is 12.5. The van der Waals surface area contributed by atoms with Crippen LogP contribution in [0.25, 0.3) is 0 Å². The normalized spacial score (nSPS) is 45.7. The van der Waals surface area contributed by atoms with Crippen molar-refractivity contribution in [1.29, 1.82) is 0 Å². The summed E-state index contributed by atoms with van der Waals surface area (Å²) < 4.78 is 5.39. The van der Waals surface area contributed by atoms with Crippen LogP contribution in [-0.4, -0.2) is 11.8 Å². The van der Waals surface area contributed by atoms with E-state index in [0.29, 0.717) is 29.5 Å². The van der Waals surface area contributed by atoms with E-state index in [0.717, 1.165) is 37.9 Å². The zero-order valence-electron chi connectivity index (χ0n) is 15.9.